The van der Waals surface area contributed by atoms with Crippen molar-refractivity contribution in [1.82, 2.24) is 9.21 Å². The Morgan fingerprint density at radius 3 is 2.50 bits per heavy atom. The van der Waals surface area contributed by atoms with Crippen LogP contribution in [0.4, 0.5) is 4.39 Å². The standard InChI is InChI=1S/C16H15Cl2FN2O3S2/c17-14-10-13(15(18)25-14)26(23,24)21-7-3-6-20(8-9-21)16(22)11-4-1-2-5-12(11)19/h1-2,4-5,10H,3,6-9H2. The number of carbonyl (C=O) groups excluding carboxylic acids is 1. The molecule has 1 aliphatic heterocycles. The van der Waals surface area contributed by atoms with Crippen molar-refractivity contribution in [2.75, 3.05) is 26.2 Å². The van der Waals surface area contributed by atoms with E-state index in [4.69, 9.17) is 23.2 Å². The molecule has 1 aliphatic rings. The van der Waals surface area contributed by atoms with Crippen molar-refractivity contribution in [3.05, 3.63) is 50.4 Å². The minimum atomic E-state index is -3.80. The summed E-state index contributed by atoms with van der Waals surface area (Å²) in [6.45, 7) is 0.860. The number of amides is 1. The summed E-state index contributed by atoms with van der Waals surface area (Å²) < 4.78 is 41.1. The van der Waals surface area contributed by atoms with E-state index in [1.54, 1.807) is 6.07 Å². The molecule has 5 nitrogen and oxygen atoms in total. The Hall–Kier alpha value is -1.19. The number of hydrogen-bond donors (Lipinski definition) is 0. The van der Waals surface area contributed by atoms with Crippen molar-refractivity contribution < 1.29 is 17.6 Å². The fourth-order valence-corrected chi connectivity index (χ4v) is 6.36. The third-order valence-electron chi connectivity index (χ3n) is 4.09. The van der Waals surface area contributed by atoms with E-state index in [-0.39, 0.29) is 34.4 Å². The average Bonchev–Trinajstić information content (AvgIpc) is 2.81. The van der Waals surface area contributed by atoms with Gasteiger partial charge in [-0.1, -0.05) is 35.3 Å². The lowest BCUT2D eigenvalue weighted by Gasteiger charge is -2.22. The fourth-order valence-electron chi connectivity index (χ4n) is 2.78. The van der Waals surface area contributed by atoms with E-state index >= 15 is 0 Å². The zero-order valence-electron chi connectivity index (χ0n) is 13.5. The van der Waals surface area contributed by atoms with Crippen molar-refractivity contribution in [1.29, 1.82) is 0 Å². The van der Waals surface area contributed by atoms with Gasteiger partial charge in [0.15, 0.2) is 0 Å². The van der Waals surface area contributed by atoms with Crippen LogP contribution in [0.5, 0.6) is 0 Å². The lowest BCUT2D eigenvalue weighted by Crippen LogP contribution is -2.37. The van der Waals surface area contributed by atoms with E-state index in [1.807, 2.05) is 0 Å². The molecule has 0 N–H and O–H groups in total. The first-order chi connectivity index (χ1) is 12.3. The van der Waals surface area contributed by atoms with Gasteiger partial charge in [0.25, 0.3) is 5.91 Å². The summed E-state index contributed by atoms with van der Waals surface area (Å²) in [5.41, 5.74) is -0.0172. The average molecular weight is 437 g/mol. The molecule has 2 heterocycles. The van der Waals surface area contributed by atoms with Crippen LogP contribution in [-0.4, -0.2) is 49.7 Å². The number of carbonyl (C=O) groups is 1. The number of nitrogens with zero attached hydrogens (tertiary/aromatic N) is 2. The molecule has 26 heavy (non-hydrogen) atoms. The van der Waals surface area contributed by atoms with Crippen LogP contribution in [0.2, 0.25) is 8.67 Å². The number of hydrogen-bond acceptors (Lipinski definition) is 4. The molecule has 1 amide bonds. The first-order valence-electron chi connectivity index (χ1n) is 7.79. The highest BCUT2D eigenvalue weighted by molar-refractivity contribution is 7.89. The second-order valence-electron chi connectivity index (χ2n) is 5.72. The normalized spacial score (nSPS) is 16.5. The molecule has 0 atom stereocenters. The molecule has 0 unspecified atom stereocenters. The SMILES string of the molecule is O=C(c1ccccc1F)N1CCCN(S(=O)(=O)c2cc(Cl)sc2Cl)CC1. The maximum absolute atomic E-state index is 13.9. The minimum Gasteiger partial charge on any atom is -0.337 e. The van der Waals surface area contributed by atoms with Crippen molar-refractivity contribution in [3.63, 3.8) is 0 Å². The Morgan fingerprint density at radius 2 is 1.85 bits per heavy atom. The smallest absolute Gasteiger partial charge is 0.256 e. The fraction of sp³-hybridized carbons (Fsp3) is 0.312. The molecule has 3 rings (SSSR count). The van der Waals surface area contributed by atoms with Crippen LogP contribution in [0.3, 0.4) is 0 Å². The van der Waals surface area contributed by atoms with Crippen LogP contribution in [0.1, 0.15) is 16.8 Å². The van der Waals surface area contributed by atoms with Crippen LogP contribution in [0.25, 0.3) is 0 Å². The van der Waals surface area contributed by atoms with Gasteiger partial charge in [0, 0.05) is 26.2 Å². The number of halogens is 3. The highest BCUT2D eigenvalue weighted by Crippen LogP contribution is 2.36. The van der Waals surface area contributed by atoms with Crippen LogP contribution in [-0.2, 0) is 10.0 Å². The largest absolute Gasteiger partial charge is 0.337 e. The lowest BCUT2D eigenvalue weighted by atomic mass is 10.2. The maximum Gasteiger partial charge on any atom is 0.256 e. The van der Waals surface area contributed by atoms with Crippen molar-refractivity contribution in [2.45, 2.75) is 11.3 Å². The van der Waals surface area contributed by atoms with Gasteiger partial charge in [0.2, 0.25) is 10.0 Å². The van der Waals surface area contributed by atoms with E-state index in [0.29, 0.717) is 17.3 Å². The molecule has 0 spiro atoms. The zero-order valence-corrected chi connectivity index (χ0v) is 16.6. The van der Waals surface area contributed by atoms with Gasteiger partial charge in [-0.05, 0) is 24.6 Å². The lowest BCUT2D eigenvalue weighted by molar-refractivity contribution is 0.0759. The Kier molecular flexibility index (Phi) is 5.88. The molecule has 0 bridgehead atoms. The minimum absolute atomic E-state index is 0.0172. The molecular weight excluding hydrogens is 422 g/mol. The summed E-state index contributed by atoms with van der Waals surface area (Å²) in [4.78, 5) is 14.0. The molecule has 1 aromatic heterocycles. The van der Waals surface area contributed by atoms with Crippen molar-refractivity contribution >= 4 is 50.5 Å². The second-order valence-corrected chi connectivity index (χ2v) is 9.91. The number of sulfonamides is 1. The van der Waals surface area contributed by atoms with Gasteiger partial charge in [-0.15, -0.1) is 11.3 Å². The number of benzene rings is 1. The Labute approximate surface area is 165 Å². The first-order valence-corrected chi connectivity index (χ1v) is 10.8. The van der Waals surface area contributed by atoms with E-state index < -0.39 is 21.7 Å². The topological polar surface area (TPSA) is 57.7 Å². The summed E-state index contributed by atoms with van der Waals surface area (Å²) in [7, 11) is -3.80. The molecule has 0 aliphatic carbocycles. The van der Waals surface area contributed by atoms with Gasteiger partial charge in [0.1, 0.15) is 15.0 Å². The molecule has 1 saturated heterocycles. The zero-order chi connectivity index (χ0) is 18.9. The van der Waals surface area contributed by atoms with E-state index in [1.165, 1.54) is 33.5 Å². The van der Waals surface area contributed by atoms with E-state index in [2.05, 4.69) is 0 Å². The first kappa shape index (κ1) is 19.6. The predicted octanol–water partition coefficient (Wildman–Crippen LogP) is 3.73. The van der Waals surface area contributed by atoms with Gasteiger partial charge >= 0.3 is 0 Å². The molecule has 10 heteroatoms. The number of rotatable bonds is 3. The van der Waals surface area contributed by atoms with Gasteiger partial charge in [-0.2, -0.15) is 4.31 Å². The Morgan fingerprint density at radius 1 is 1.12 bits per heavy atom. The van der Waals surface area contributed by atoms with Gasteiger partial charge in [-0.25, -0.2) is 12.8 Å². The summed E-state index contributed by atoms with van der Waals surface area (Å²) in [5.74, 6) is -1.04. The van der Waals surface area contributed by atoms with Crippen LogP contribution in [0, 0.1) is 5.82 Å². The van der Waals surface area contributed by atoms with Crippen LogP contribution < -0.4 is 0 Å². The van der Waals surface area contributed by atoms with Gasteiger partial charge in [0.05, 0.1) is 9.90 Å². The monoisotopic (exact) mass is 436 g/mol. The van der Waals surface area contributed by atoms with Crippen molar-refractivity contribution in [3.8, 4) is 0 Å². The third kappa shape index (κ3) is 3.89. The van der Waals surface area contributed by atoms with Gasteiger partial charge in [-0.3, -0.25) is 4.79 Å². The summed E-state index contributed by atoms with van der Waals surface area (Å²) >= 11 is 12.8. The maximum atomic E-state index is 13.9. The number of thiophene rings is 1. The summed E-state index contributed by atoms with van der Waals surface area (Å²) in [6.07, 6.45) is 0.439. The predicted molar refractivity (Wildman–Crippen MR) is 100 cm³/mol. The summed E-state index contributed by atoms with van der Waals surface area (Å²) in [5, 5.41) is 0. The molecule has 2 aromatic rings. The summed E-state index contributed by atoms with van der Waals surface area (Å²) in [6, 6.07) is 7.08. The highest BCUT2D eigenvalue weighted by atomic mass is 35.5. The van der Waals surface area contributed by atoms with E-state index in [0.717, 1.165) is 11.3 Å². The molecule has 0 saturated carbocycles. The van der Waals surface area contributed by atoms with Crippen LogP contribution >= 0.6 is 34.5 Å². The van der Waals surface area contributed by atoms with Crippen molar-refractivity contribution in [2.24, 2.45) is 0 Å². The second kappa shape index (κ2) is 7.82. The molecule has 1 aromatic carbocycles. The van der Waals surface area contributed by atoms with E-state index in [9.17, 15) is 17.6 Å². The van der Waals surface area contributed by atoms with Crippen LogP contribution in [0.15, 0.2) is 35.2 Å². The quantitative estimate of drug-likeness (QED) is 0.736. The third-order valence-corrected chi connectivity index (χ3v) is 7.74. The molecule has 140 valence electrons. The Bertz CT molecular complexity index is 933. The molecule has 0 radical (unpaired) electrons. The Balaban J connectivity index is 1.77. The molecule has 1 fully saturated rings. The molecular formula is C16H15Cl2FN2O3S2. The van der Waals surface area contributed by atoms with Gasteiger partial charge < -0.3 is 4.90 Å². The highest BCUT2D eigenvalue weighted by Gasteiger charge is 2.31.